The molecule has 1 aliphatic heterocycles. The summed E-state index contributed by atoms with van der Waals surface area (Å²) in [6.07, 6.45) is 1.04. The van der Waals surface area contributed by atoms with Gasteiger partial charge in [0.25, 0.3) is 5.91 Å². The fraction of sp³-hybridized carbons (Fsp3) is 0.462. The zero-order chi connectivity index (χ0) is 11.4. The summed E-state index contributed by atoms with van der Waals surface area (Å²) in [5.74, 6) is 0.168. The summed E-state index contributed by atoms with van der Waals surface area (Å²) in [4.78, 5) is 14.2. The smallest absolute Gasteiger partial charge is 0.254 e. The molecule has 1 aromatic rings. The molecule has 0 atom stereocenters. The number of amides is 1. The van der Waals surface area contributed by atoms with Gasteiger partial charge in [0, 0.05) is 25.2 Å². The van der Waals surface area contributed by atoms with E-state index in [-0.39, 0.29) is 5.91 Å². The highest BCUT2D eigenvalue weighted by Crippen LogP contribution is 2.11. The van der Waals surface area contributed by atoms with Crippen LogP contribution in [0.1, 0.15) is 22.3 Å². The maximum absolute atomic E-state index is 12.3. The van der Waals surface area contributed by atoms with Gasteiger partial charge < -0.3 is 10.2 Å². The summed E-state index contributed by atoms with van der Waals surface area (Å²) in [5, 5.41) is 3.30. The predicted molar refractivity (Wildman–Crippen MR) is 64.6 cm³/mol. The third-order valence-corrected chi connectivity index (χ3v) is 3.00. The number of rotatable bonds is 1. The van der Waals surface area contributed by atoms with Crippen molar-refractivity contribution in [3.63, 3.8) is 0 Å². The maximum Gasteiger partial charge on any atom is 0.254 e. The Morgan fingerprint density at radius 1 is 1.25 bits per heavy atom. The molecular weight excluding hydrogens is 200 g/mol. The summed E-state index contributed by atoms with van der Waals surface area (Å²) in [5.41, 5.74) is 1.90. The first-order valence-corrected chi connectivity index (χ1v) is 5.84. The van der Waals surface area contributed by atoms with E-state index in [1.807, 2.05) is 36.1 Å². The third kappa shape index (κ3) is 2.42. The molecule has 0 aliphatic carbocycles. The van der Waals surface area contributed by atoms with Gasteiger partial charge in [-0.05, 0) is 31.5 Å². The van der Waals surface area contributed by atoms with Crippen LogP contribution in [0.5, 0.6) is 0 Å². The molecule has 0 aromatic heterocycles. The number of benzene rings is 1. The SMILES string of the molecule is Cc1ccccc1C(=O)N1CCCNCC1. The lowest BCUT2D eigenvalue weighted by Gasteiger charge is -2.20. The van der Waals surface area contributed by atoms with Gasteiger partial charge in [0.1, 0.15) is 0 Å². The summed E-state index contributed by atoms with van der Waals surface area (Å²) in [6.45, 7) is 5.58. The van der Waals surface area contributed by atoms with Gasteiger partial charge in [-0.25, -0.2) is 0 Å². The van der Waals surface area contributed by atoms with E-state index in [9.17, 15) is 4.79 Å². The van der Waals surface area contributed by atoms with Crippen LogP contribution in [0.4, 0.5) is 0 Å². The van der Waals surface area contributed by atoms with E-state index >= 15 is 0 Å². The van der Waals surface area contributed by atoms with Crippen molar-refractivity contribution in [1.29, 1.82) is 0 Å². The van der Waals surface area contributed by atoms with Gasteiger partial charge in [-0.15, -0.1) is 0 Å². The molecule has 0 radical (unpaired) electrons. The van der Waals surface area contributed by atoms with Crippen molar-refractivity contribution >= 4 is 5.91 Å². The van der Waals surface area contributed by atoms with E-state index < -0.39 is 0 Å². The monoisotopic (exact) mass is 218 g/mol. The molecule has 16 heavy (non-hydrogen) atoms. The van der Waals surface area contributed by atoms with E-state index in [1.165, 1.54) is 0 Å². The topological polar surface area (TPSA) is 32.3 Å². The Morgan fingerprint density at radius 2 is 2.06 bits per heavy atom. The van der Waals surface area contributed by atoms with Gasteiger partial charge in [-0.1, -0.05) is 18.2 Å². The zero-order valence-corrected chi connectivity index (χ0v) is 9.70. The average Bonchev–Trinajstić information content (AvgIpc) is 2.57. The van der Waals surface area contributed by atoms with E-state index in [4.69, 9.17) is 0 Å². The van der Waals surface area contributed by atoms with Gasteiger partial charge in [0.2, 0.25) is 0 Å². The molecule has 2 rings (SSSR count). The molecule has 0 saturated carbocycles. The number of hydrogen-bond donors (Lipinski definition) is 1. The van der Waals surface area contributed by atoms with Crippen molar-refractivity contribution in [3.8, 4) is 0 Å². The second-order valence-electron chi connectivity index (χ2n) is 4.21. The largest absolute Gasteiger partial charge is 0.337 e. The maximum atomic E-state index is 12.3. The lowest BCUT2D eigenvalue weighted by atomic mass is 10.1. The fourth-order valence-corrected chi connectivity index (χ4v) is 2.03. The Morgan fingerprint density at radius 3 is 2.88 bits per heavy atom. The van der Waals surface area contributed by atoms with Crippen molar-refractivity contribution in [2.75, 3.05) is 26.2 Å². The first-order valence-electron chi connectivity index (χ1n) is 5.84. The minimum atomic E-state index is 0.168. The van der Waals surface area contributed by atoms with Gasteiger partial charge in [0.05, 0.1) is 0 Å². The summed E-state index contributed by atoms with van der Waals surface area (Å²) in [7, 11) is 0. The molecule has 1 aliphatic rings. The van der Waals surface area contributed by atoms with Crippen molar-refractivity contribution in [2.24, 2.45) is 0 Å². The number of carbonyl (C=O) groups excluding carboxylic acids is 1. The van der Waals surface area contributed by atoms with Crippen molar-refractivity contribution in [2.45, 2.75) is 13.3 Å². The van der Waals surface area contributed by atoms with E-state index in [1.54, 1.807) is 0 Å². The Bertz CT molecular complexity index is 368. The van der Waals surface area contributed by atoms with Gasteiger partial charge >= 0.3 is 0 Å². The second-order valence-corrected chi connectivity index (χ2v) is 4.21. The van der Waals surface area contributed by atoms with Crippen LogP contribution in [-0.4, -0.2) is 37.0 Å². The molecule has 0 spiro atoms. The second kappa shape index (κ2) is 5.12. The molecule has 1 aromatic carbocycles. The Labute approximate surface area is 96.5 Å². The summed E-state index contributed by atoms with van der Waals surface area (Å²) < 4.78 is 0. The standard InChI is InChI=1S/C13H18N2O/c1-11-5-2-3-6-12(11)13(16)15-9-4-7-14-8-10-15/h2-3,5-6,14H,4,7-10H2,1H3. The minimum Gasteiger partial charge on any atom is -0.337 e. The van der Waals surface area contributed by atoms with Crippen LogP contribution in [0.15, 0.2) is 24.3 Å². The predicted octanol–water partition coefficient (Wildman–Crippen LogP) is 1.43. The average molecular weight is 218 g/mol. The van der Waals surface area contributed by atoms with Crippen molar-refractivity contribution in [1.82, 2.24) is 10.2 Å². The van der Waals surface area contributed by atoms with Crippen LogP contribution in [0.3, 0.4) is 0 Å². The molecule has 86 valence electrons. The van der Waals surface area contributed by atoms with E-state index in [0.717, 1.165) is 43.7 Å². The first-order chi connectivity index (χ1) is 7.79. The van der Waals surface area contributed by atoms with Crippen LogP contribution >= 0.6 is 0 Å². The first kappa shape index (κ1) is 11.1. The highest BCUT2D eigenvalue weighted by molar-refractivity contribution is 5.95. The molecule has 1 heterocycles. The van der Waals surface area contributed by atoms with E-state index in [2.05, 4.69) is 5.32 Å². The van der Waals surface area contributed by atoms with Crippen LogP contribution in [0.25, 0.3) is 0 Å². The fourth-order valence-electron chi connectivity index (χ4n) is 2.03. The summed E-state index contributed by atoms with van der Waals surface area (Å²) in [6, 6.07) is 7.80. The van der Waals surface area contributed by atoms with Crippen molar-refractivity contribution in [3.05, 3.63) is 35.4 Å². The highest BCUT2D eigenvalue weighted by atomic mass is 16.2. The molecule has 3 nitrogen and oxygen atoms in total. The summed E-state index contributed by atoms with van der Waals surface area (Å²) >= 11 is 0. The number of nitrogens with one attached hydrogen (secondary N) is 1. The van der Waals surface area contributed by atoms with Crippen LogP contribution in [0, 0.1) is 6.92 Å². The van der Waals surface area contributed by atoms with Crippen LogP contribution < -0.4 is 5.32 Å². The Kier molecular flexibility index (Phi) is 3.57. The zero-order valence-electron chi connectivity index (χ0n) is 9.70. The Hall–Kier alpha value is -1.35. The molecule has 1 N–H and O–H groups in total. The normalized spacial score (nSPS) is 16.9. The molecular formula is C13H18N2O. The molecule has 0 bridgehead atoms. The lowest BCUT2D eigenvalue weighted by Crippen LogP contribution is -2.34. The lowest BCUT2D eigenvalue weighted by molar-refractivity contribution is 0.0765. The van der Waals surface area contributed by atoms with Crippen LogP contribution in [0.2, 0.25) is 0 Å². The Balaban J connectivity index is 2.14. The number of hydrogen-bond acceptors (Lipinski definition) is 2. The number of nitrogens with zero attached hydrogens (tertiary/aromatic N) is 1. The third-order valence-electron chi connectivity index (χ3n) is 3.00. The minimum absolute atomic E-state index is 0.168. The number of carbonyl (C=O) groups is 1. The molecule has 3 heteroatoms. The highest BCUT2D eigenvalue weighted by Gasteiger charge is 2.17. The molecule has 1 saturated heterocycles. The molecule has 0 unspecified atom stereocenters. The quantitative estimate of drug-likeness (QED) is 0.773. The molecule has 1 fully saturated rings. The van der Waals surface area contributed by atoms with E-state index in [0.29, 0.717) is 0 Å². The number of aryl methyl sites for hydroxylation is 1. The van der Waals surface area contributed by atoms with Crippen molar-refractivity contribution < 1.29 is 4.79 Å². The van der Waals surface area contributed by atoms with Gasteiger partial charge in [-0.3, -0.25) is 4.79 Å². The van der Waals surface area contributed by atoms with Crippen LogP contribution in [-0.2, 0) is 0 Å². The molecule has 1 amide bonds. The van der Waals surface area contributed by atoms with Gasteiger partial charge in [0.15, 0.2) is 0 Å². The van der Waals surface area contributed by atoms with Gasteiger partial charge in [-0.2, -0.15) is 0 Å².